The second-order valence-corrected chi connectivity index (χ2v) is 7.21. The van der Waals surface area contributed by atoms with Gasteiger partial charge in [-0.2, -0.15) is 5.10 Å². The van der Waals surface area contributed by atoms with Crippen LogP contribution < -0.4 is 5.43 Å². The van der Waals surface area contributed by atoms with E-state index in [1.165, 1.54) is 30.1 Å². The fraction of sp³-hybridized carbons (Fsp3) is 0. The maximum Gasteiger partial charge on any atom is 0.287 e. The highest BCUT2D eigenvalue weighted by molar-refractivity contribution is 9.10. The summed E-state index contributed by atoms with van der Waals surface area (Å²) in [6.07, 6.45) is 2.64. The van der Waals surface area contributed by atoms with Gasteiger partial charge in [0.15, 0.2) is 5.09 Å². The minimum Gasteiger partial charge on any atom is -0.447 e. The molecule has 26 heavy (non-hydrogen) atoms. The number of nitrogens with zero attached hydrogens (tertiary/aromatic N) is 3. The molecule has 0 fully saturated rings. The molecule has 0 aliphatic carbocycles. The van der Waals surface area contributed by atoms with Crippen LogP contribution in [-0.2, 0) is 0 Å². The van der Waals surface area contributed by atoms with Crippen molar-refractivity contribution in [3.63, 3.8) is 0 Å². The predicted molar refractivity (Wildman–Crippen MR) is 104 cm³/mol. The number of hydrogen-bond donors (Lipinski definition) is 1. The molecule has 7 nitrogen and oxygen atoms in total. The summed E-state index contributed by atoms with van der Waals surface area (Å²) < 4.78 is 6.52. The molecule has 0 saturated heterocycles. The molecule has 1 N–H and O–H groups in total. The average Bonchev–Trinajstić information content (AvgIpc) is 2.97. The van der Waals surface area contributed by atoms with E-state index < -0.39 is 4.92 Å². The van der Waals surface area contributed by atoms with E-state index in [1.54, 1.807) is 6.07 Å². The van der Waals surface area contributed by atoms with Gasteiger partial charge in [-0.05, 0) is 46.3 Å². The molecule has 0 aliphatic rings. The van der Waals surface area contributed by atoms with Crippen LogP contribution in [0.1, 0.15) is 5.76 Å². The van der Waals surface area contributed by atoms with Gasteiger partial charge in [0.2, 0.25) is 0 Å². The number of pyridine rings is 1. The first-order chi connectivity index (χ1) is 12.5. The van der Waals surface area contributed by atoms with Gasteiger partial charge in [0.25, 0.3) is 5.69 Å². The minimum atomic E-state index is -0.514. The summed E-state index contributed by atoms with van der Waals surface area (Å²) in [6.45, 7) is 0. The SMILES string of the molecule is O=[N+]([O-])c1ccc(N/N=C\c2cc(Br)c(Sc3ccc(Cl)cc3)o2)nc1. The van der Waals surface area contributed by atoms with Crippen molar-refractivity contribution >= 4 is 57.0 Å². The lowest BCUT2D eigenvalue weighted by Crippen LogP contribution is -1.94. The van der Waals surface area contributed by atoms with Crippen LogP contribution in [0.25, 0.3) is 0 Å². The second kappa shape index (κ2) is 8.35. The summed E-state index contributed by atoms with van der Waals surface area (Å²) in [4.78, 5) is 15.0. The Labute approximate surface area is 165 Å². The van der Waals surface area contributed by atoms with Crippen molar-refractivity contribution in [3.8, 4) is 0 Å². The molecule has 0 amide bonds. The summed E-state index contributed by atoms with van der Waals surface area (Å²) in [5.41, 5.74) is 2.60. The van der Waals surface area contributed by atoms with Crippen LogP contribution in [-0.4, -0.2) is 16.1 Å². The lowest BCUT2D eigenvalue weighted by molar-refractivity contribution is -0.385. The molecule has 0 unspecified atom stereocenters. The van der Waals surface area contributed by atoms with Crippen molar-refractivity contribution in [1.29, 1.82) is 0 Å². The first kappa shape index (κ1) is 18.4. The van der Waals surface area contributed by atoms with Crippen LogP contribution in [0, 0.1) is 10.1 Å². The molecular formula is C16H10BrClN4O3S. The highest BCUT2D eigenvalue weighted by Gasteiger charge is 2.10. The highest BCUT2D eigenvalue weighted by atomic mass is 79.9. The van der Waals surface area contributed by atoms with Gasteiger partial charge in [-0.15, -0.1) is 0 Å². The van der Waals surface area contributed by atoms with E-state index in [0.717, 1.165) is 15.6 Å². The van der Waals surface area contributed by atoms with E-state index in [9.17, 15) is 10.1 Å². The smallest absolute Gasteiger partial charge is 0.287 e. The molecule has 0 bridgehead atoms. The van der Waals surface area contributed by atoms with Gasteiger partial charge in [-0.1, -0.05) is 23.4 Å². The average molecular weight is 454 g/mol. The molecule has 132 valence electrons. The fourth-order valence-electron chi connectivity index (χ4n) is 1.83. The third-order valence-corrected chi connectivity index (χ3v) is 5.13. The monoisotopic (exact) mass is 452 g/mol. The number of rotatable bonds is 6. The topological polar surface area (TPSA) is 93.6 Å². The molecule has 0 spiro atoms. The summed E-state index contributed by atoms with van der Waals surface area (Å²) in [5, 5.41) is 15.9. The molecular weight excluding hydrogens is 444 g/mol. The molecule has 0 aliphatic heterocycles. The zero-order valence-electron chi connectivity index (χ0n) is 12.9. The molecule has 3 rings (SSSR count). The van der Waals surface area contributed by atoms with Crippen LogP contribution in [0.5, 0.6) is 0 Å². The number of furan rings is 1. The number of aromatic nitrogens is 1. The van der Waals surface area contributed by atoms with Crippen molar-refractivity contribution < 1.29 is 9.34 Å². The Morgan fingerprint density at radius 1 is 1.31 bits per heavy atom. The first-order valence-corrected chi connectivity index (χ1v) is 9.12. The number of benzene rings is 1. The Hall–Kier alpha value is -2.36. The number of halogens is 2. The summed E-state index contributed by atoms with van der Waals surface area (Å²) in [6, 6.07) is 12.0. The molecule has 1 aromatic carbocycles. The van der Waals surface area contributed by atoms with E-state index in [-0.39, 0.29) is 5.69 Å². The van der Waals surface area contributed by atoms with Crippen molar-refractivity contribution in [1.82, 2.24) is 4.98 Å². The van der Waals surface area contributed by atoms with E-state index in [4.69, 9.17) is 16.0 Å². The third-order valence-electron chi connectivity index (χ3n) is 3.03. The maximum absolute atomic E-state index is 10.6. The van der Waals surface area contributed by atoms with E-state index in [1.807, 2.05) is 24.3 Å². The zero-order valence-corrected chi connectivity index (χ0v) is 16.1. The molecule has 3 aromatic rings. The van der Waals surface area contributed by atoms with Gasteiger partial charge in [0.1, 0.15) is 17.8 Å². The van der Waals surface area contributed by atoms with Crippen LogP contribution >= 0.6 is 39.3 Å². The van der Waals surface area contributed by atoms with Gasteiger partial charge >= 0.3 is 0 Å². The predicted octanol–water partition coefficient (Wildman–Crippen LogP) is 5.60. The lowest BCUT2D eigenvalue weighted by Gasteiger charge is -1.99. The first-order valence-electron chi connectivity index (χ1n) is 7.13. The van der Waals surface area contributed by atoms with Crippen LogP contribution in [0.4, 0.5) is 11.5 Å². The van der Waals surface area contributed by atoms with Gasteiger partial charge in [0, 0.05) is 22.1 Å². The Morgan fingerprint density at radius 2 is 2.08 bits per heavy atom. The lowest BCUT2D eigenvalue weighted by atomic mass is 10.4. The normalized spacial score (nSPS) is 11.0. The van der Waals surface area contributed by atoms with Gasteiger partial charge < -0.3 is 4.42 Å². The van der Waals surface area contributed by atoms with Crippen LogP contribution in [0.3, 0.4) is 0 Å². The molecule has 2 aromatic heterocycles. The van der Waals surface area contributed by atoms with Crippen molar-refractivity contribution in [2.24, 2.45) is 5.10 Å². The molecule has 10 heteroatoms. The van der Waals surface area contributed by atoms with E-state index in [2.05, 4.69) is 31.4 Å². The quantitative estimate of drug-likeness (QED) is 0.297. The third kappa shape index (κ3) is 4.84. The Balaban J connectivity index is 1.64. The van der Waals surface area contributed by atoms with Crippen LogP contribution in [0.2, 0.25) is 5.02 Å². The van der Waals surface area contributed by atoms with Gasteiger partial charge in [0.05, 0.1) is 15.6 Å². The van der Waals surface area contributed by atoms with Crippen molar-refractivity contribution in [2.45, 2.75) is 9.99 Å². The van der Waals surface area contributed by atoms with Crippen molar-refractivity contribution in [2.75, 3.05) is 5.43 Å². The largest absolute Gasteiger partial charge is 0.447 e. The molecule has 2 heterocycles. The second-order valence-electron chi connectivity index (χ2n) is 4.87. The summed E-state index contributed by atoms with van der Waals surface area (Å²) in [5.74, 6) is 0.913. The maximum atomic E-state index is 10.6. The Morgan fingerprint density at radius 3 is 2.73 bits per heavy atom. The minimum absolute atomic E-state index is 0.0849. The zero-order chi connectivity index (χ0) is 18.5. The number of nitrogens with one attached hydrogen (secondary N) is 1. The van der Waals surface area contributed by atoms with Gasteiger partial charge in [-0.3, -0.25) is 15.5 Å². The summed E-state index contributed by atoms with van der Waals surface area (Å²) in [7, 11) is 0. The Bertz CT molecular complexity index is 945. The standard InChI is InChI=1S/C16H10BrClN4O3S/c17-14-7-12(25-16(14)26-13-4-1-10(18)2-5-13)9-20-21-15-6-3-11(8-19-15)22(23)24/h1-9H,(H,19,21)/b20-9-. The number of anilines is 1. The number of nitro groups is 1. The highest BCUT2D eigenvalue weighted by Crippen LogP contribution is 2.35. The Kier molecular flexibility index (Phi) is 5.92. The van der Waals surface area contributed by atoms with E-state index in [0.29, 0.717) is 21.7 Å². The summed E-state index contributed by atoms with van der Waals surface area (Å²) >= 11 is 10.8. The molecule has 0 atom stereocenters. The number of hydrogen-bond acceptors (Lipinski definition) is 7. The van der Waals surface area contributed by atoms with Crippen LogP contribution in [0.15, 0.2) is 72.6 Å². The molecule has 0 radical (unpaired) electrons. The van der Waals surface area contributed by atoms with Gasteiger partial charge in [-0.25, -0.2) is 4.98 Å². The van der Waals surface area contributed by atoms with Crippen molar-refractivity contribution in [3.05, 3.63) is 74.0 Å². The number of hydrazone groups is 1. The van der Waals surface area contributed by atoms with E-state index >= 15 is 0 Å². The molecule has 0 saturated carbocycles. The fourth-order valence-corrected chi connectivity index (χ4v) is 3.29.